The zero-order valence-electron chi connectivity index (χ0n) is 21.5. The number of ether oxygens (including phenoxy) is 1. The molecule has 0 N–H and O–H groups in total. The van der Waals surface area contributed by atoms with E-state index in [2.05, 4.69) is 4.98 Å². The van der Waals surface area contributed by atoms with Crippen LogP contribution >= 0.6 is 22.9 Å². The first-order valence-corrected chi connectivity index (χ1v) is 15.6. The number of carbonyl (C=O) groups is 2. The number of sulfonamides is 1. The number of hydroxylamine groups is 2. The largest absolute Gasteiger partial charge is 0.785 e. The summed E-state index contributed by atoms with van der Waals surface area (Å²) in [6.07, 6.45) is 0.315. The summed E-state index contributed by atoms with van der Waals surface area (Å²) in [5.74, 6) is -0.505. The van der Waals surface area contributed by atoms with Crippen LogP contribution in [-0.4, -0.2) is 103 Å². The first-order chi connectivity index (χ1) is 19.2. The van der Waals surface area contributed by atoms with Gasteiger partial charge in [-0.15, -0.1) is 11.3 Å². The third kappa shape index (κ3) is 5.36. The summed E-state index contributed by atoms with van der Waals surface area (Å²) in [7, 11) is -3.91. The summed E-state index contributed by atoms with van der Waals surface area (Å²) in [6, 6.07) is 6.08. The molecule has 0 aliphatic carbocycles. The van der Waals surface area contributed by atoms with Gasteiger partial charge in [0.05, 0.1) is 24.9 Å². The molecule has 214 valence electrons. The maximum atomic E-state index is 13.7. The molecule has 2 amide bonds. The first-order valence-electron chi connectivity index (χ1n) is 13.0. The van der Waals surface area contributed by atoms with Crippen LogP contribution in [0.4, 0.5) is 0 Å². The van der Waals surface area contributed by atoms with Gasteiger partial charge >= 0.3 is 5.91 Å². The lowest BCUT2D eigenvalue weighted by molar-refractivity contribution is -0.136. The Morgan fingerprint density at radius 2 is 1.93 bits per heavy atom. The Morgan fingerprint density at radius 3 is 2.73 bits per heavy atom. The number of thiophene rings is 1. The molecule has 2 saturated heterocycles. The van der Waals surface area contributed by atoms with Crippen LogP contribution in [0.5, 0.6) is 0 Å². The van der Waals surface area contributed by atoms with E-state index in [1.807, 2.05) is 0 Å². The van der Waals surface area contributed by atoms with E-state index in [1.165, 1.54) is 9.21 Å². The smallest absolute Gasteiger partial charge is 0.310 e. The van der Waals surface area contributed by atoms with Crippen molar-refractivity contribution < 1.29 is 27.2 Å². The average molecular weight is 609 g/mol. The summed E-state index contributed by atoms with van der Waals surface area (Å²) in [6.45, 7) is 2.03. The Hall–Kier alpha value is -2.59. The Kier molecular flexibility index (Phi) is 7.59. The average Bonchev–Trinajstić information content (AvgIpc) is 3.57. The molecule has 2 fully saturated rings. The van der Waals surface area contributed by atoms with Gasteiger partial charge in [-0.05, 0) is 30.1 Å². The number of halogens is 1. The first kappa shape index (κ1) is 27.6. The molecule has 3 aromatic rings. The standard InChI is InChI=1S/C25H27ClN5O7S2/c26-17-2-1-16-11-23(39-21(16)12-17)40(35,36)30-5-6-31(18(14-30)13-22(32)28-7-9-37-10-8-28)25(33)24-27-19-3-4-29(34)15-20(19)38-24/h1-2,11-12,18H,3-10,13-15H2/q-1. The van der Waals surface area contributed by atoms with Crippen molar-refractivity contribution in [1.82, 2.24) is 24.2 Å². The summed E-state index contributed by atoms with van der Waals surface area (Å²) >= 11 is 7.23. The number of benzene rings is 1. The number of piperazine rings is 1. The predicted molar refractivity (Wildman–Crippen MR) is 146 cm³/mol. The summed E-state index contributed by atoms with van der Waals surface area (Å²) in [5, 5.41) is 13.9. The van der Waals surface area contributed by atoms with E-state index in [-0.39, 0.29) is 55.2 Å². The maximum absolute atomic E-state index is 13.7. The predicted octanol–water partition coefficient (Wildman–Crippen LogP) is 2.16. The number of nitrogens with zero attached hydrogens (tertiary/aromatic N) is 5. The van der Waals surface area contributed by atoms with Crippen molar-refractivity contribution in [3.05, 3.63) is 51.8 Å². The number of hydrogen-bond acceptors (Lipinski definition) is 10. The van der Waals surface area contributed by atoms with Gasteiger partial charge < -0.3 is 29.2 Å². The second-order valence-corrected chi connectivity index (χ2v) is 13.6. The van der Waals surface area contributed by atoms with Crippen LogP contribution in [0, 0.1) is 5.21 Å². The molecule has 1 unspecified atom stereocenters. The zero-order valence-corrected chi connectivity index (χ0v) is 23.8. The molecule has 1 atom stereocenters. The topological polar surface area (TPSA) is 140 Å². The third-order valence-corrected chi connectivity index (χ3v) is 11.1. The fourth-order valence-corrected chi connectivity index (χ4v) is 8.55. The molecule has 0 bridgehead atoms. The number of fused-ring (bicyclic) bond motifs is 2. The van der Waals surface area contributed by atoms with Crippen molar-refractivity contribution in [1.29, 1.82) is 0 Å². The zero-order chi connectivity index (χ0) is 28.0. The van der Waals surface area contributed by atoms with Crippen LogP contribution < -0.4 is 0 Å². The van der Waals surface area contributed by atoms with Crippen LogP contribution in [0.25, 0.3) is 10.1 Å². The van der Waals surface area contributed by atoms with Crippen molar-refractivity contribution in [3.8, 4) is 0 Å². The van der Waals surface area contributed by atoms with Crippen molar-refractivity contribution in [2.75, 3.05) is 52.5 Å². The highest BCUT2D eigenvalue weighted by Crippen LogP contribution is 2.34. The molecule has 0 spiro atoms. The molecule has 5 heterocycles. The van der Waals surface area contributed by atoms with Gasteiger partial charge in [0.25, 0.3) is 15.9 Å². The van der Waals surface area contributed by atoms with E-state index in [9.17, 15) is 23.2 Å². The molecular formula is C25H27ClN5O7S2-. The van der Waals surface area contributed by atoms with Gasteiger partial charge in [0.2, 0.25) is 5.91 Å². The molecule has 2 aromatic heterocycles. The Balaban J connectivity index is 1.27. The van der Waals surface area contributed by atoms with E-state index >= 15 is 0 Å². The SMILES string of the molecule is O=C(CC1CN(S(=O)(=O)c2cc3ccc(Cl)cc3s2)CCN1C(=O)c1nc2c(o1)CN([O-])CC2)N1CCOCC1. The van der Waals surface area contributed by atoms with E-state index < -0.39 is 22.0 Å². The van der Waals surface area contributed by atoms with Gasteiger partial charge in [-0.2, -0.15) is 4.31 Å². The second kappa shape index (κ2) is 11.0. The number of rotatable bonds is 5. The van der Waals surface area contributed by atoms with Crippen LogP contribution in [0.2, 0.25) is 5.02 Å². The minimum Gasteiger partial charge on any atom is -0.785 e. The van der Waals surface area contributed by atoms with E-state index in [1.54, 1.807) is 29.2 Å². The highest BCUT2D eigenvalue weighted by molar-refractivity contribution is 7.91. The molecule has 6 rings (SSSR count). The molecule has 1 aromatic carbocycles. The lowest BCUT2D eigenvalue weighted by Crippen LogP contribution is -2.58. The van der Waals surface area contributed by atoms with Crippen LogP contribution in [0.3, 0.4) is 0 Å². The Labute approximate surface area is 239 Å². The molecule has 15 heteroatoms. The Bertz CT molecular complexity index is 1550. The summed E-state index contributed by atoms with van der Waals surface area (Å²) in [4.78, 5) is 34.3. The minimum absolute atomic E-state index is 0.0148. The quantitative estimate of drug-likeness (QED) is 0.426. The molecule has 40 heavy (non-hydrogen) atoms. The molecule has 12 nitrogen and oxygen atoms in total. The van der Waals surface area contributed by atoms with Crippen molar-refractivity contribution in [2.45, 2.75) is 29.6 Å². The number of amides is 2. The second-order valence-electron chi connectivity index (χ2n) is 9.96. The normalized spacial score (nSPS) is 21.1. The van der Waals surface area contributed by atoms with E-state index in [0.29, 0.717) is 49.2 Å². The third-order valence-electron chi connectivity index (χ3n) is 7.41. The van der Waals surface area contributed by atoms with Crippen LogP contribution in [-0.2, 0) is 32.5 Å². The maximum Gasteiger partial charge on any atom is 0.310 e. The van der Waals surface area contributed by atoms with Crippen molar-refractivity contribution in [2.24, 2.45) is 0 Å². The molecular weight excluding hydrogens is 582 g/mol. The highest BCUT2D eigenvalue weighted by atomic mass is 35.5. The van der Waals surface area contributed by atoms with Crippen molar-refractivity contribution in [3.63, 3.8) is 0 Å². The number of hydrogen-bond donors (Lipinski definition) is 0. The molecule has 3 aliphatic heterocycles. The Morgan fingerprint density at radius 1 is 1.12 bits per heavy atom. The number of aromatic nitrogens is 1. The van der Waals surface area contributed by atoms with Gasteiger partial charge in [0.15, 0.2) is 0 Å². The lowest BCUT2D eigenvalue weighted by atomic mass is 10.1. The van der Waals surface area contributed by atoms with Crippen LogP contribution in [0.15, 0.2) is 32.9 Å². The molecule has 0 radical (unpaired) electrons. The van der Waals surface area contributed by atoms with Crippen molar-refractivity contribution >= 4 is 54.9 Å². The fourth-order valence-electron chi connectivity index (χ4n) is 5.25. The lowest BCUT2D eigenvalue weighted by Gasteiger charge is -2.40. The fraction of sp³-hybridized carbons (Fsp3) is 0.480. The highest BCUT2D eigenvalue weighted by Gasteiger charge is 2.40. The molecule has 0 saturated carbocycles. The van der Waals surface area contributed by atoms with Gasteiger partial charge in [-0.25, -0.2) is 13.4 Å². The number of carbonyl (C=O) groups excluding carboxylic acids is 2. The number of morpholine rings is 1. The monoisotopic (exact) mass is 608 g/mol. The van der Waals surface area contributed by atoms with Gasteiger partial charge in [-0.3, -0.25) is 9.59 Å². The van der Waals surface area contributed by atoms with E-state index in [4.69, 9.17) is 20.8 Å². The summed E-state index contributed by atoms with van der Waals surface area (Å²) < 4.78 is 40.7. The number of oxazole rings is 1. The van der Waals surface area contributed by atoms with Gasteiger partial charge in [0.1, 0.15) is 9.97 Å². The van der Waals surface area contributed by atoms with Gasteiger partial charge in [0, 0.05) is 61.8 Å². The summed E-state index contributed by atoms with van der Waals surface area (Å²) in [5.41, 5.74) is 0.572. The molecule has 3 aliphatic rings. The minimum atomic E-state index is -3.91. The van der Waals surface area contributed by atoms with Gasteiger partial charge in [-0.1, -0.05) is 17.7 Å². The van der Waals surface area contributed by atoms with E-state index in [0.717, 1.165) is 26.5 Å². The van der Waals surface area contributed by atoms with Crippen LogP contribution in [0.1, 0.15) is 28.6 Å².